The van der Waals surface area contributed by atoms with Crippen molar-refractivity contribution in [2.75, 3.05) is 4.90 Å². The molecule has 0 spiro atoms. The van der Waals surface area contributed by atoms with E-state index in [0.29, 0.717) is 0 Å². The zero-order valence-corrected chi connectivity index (χ0v) is 38.3. The summed E-state index contributed by atoms with van der Waals surface area (Å²) < 4.78 is 0. The Bertz CT molecular complexity index is 3700. The largest absolute Gasteiger partial charge is 0.334 e. The van der Waals surface area contributed by atoms with Gasteiger partial charge in [0.25, 0.3) is 0 Å². The van der Waals surface area contributed by atoms with Gasteiger partial charge < -0.3 is 4.90 Å². The second-order valence-electron chi connectivity index (χ2n) is 20.5. The van der Waals surface area contributed by atoms with Crippen molar-refractivity contribution in [2.24, 2.45) is 5.41 Å². The number of hydrogen-bond donors (Lipinski definition) is 0. The standard InChI is InChI=1S/C65H53N/c1-63(2,3)65-38-16-15-37-64(65,4)59-39-45(31-36-60(59)66(65)46-25-9-6-10-26-46)56-41-58(50-30-18-24-43-22-12-14-28-48(43)50)54-34-32-51-55(44-19-7-5-8-20-44)40-57(53-35-33-52(56)62(54)61(51)53)49-29-17-23-42-21-11-13-27-47(42)49/h5-14,17-36,39-41H,15-16,37-38H2,1-4H3. The van der Waals surface area contributed by atoms with Crippen molar-refractivity contribution in [2.45, 2.75) is 64.3 Å². The van der Waals surface area contributed by atoms with Gasteiger partial charge >= 0.3 is 0 Å². The molecular formula is C65H53N. The van der Waals surface area contributed by atoms with Gasteiger partial charge in [-0.25, -0.2) is 0 Å². The van der Waals surface area contributed by atoms with Crippen LogP contribution in [0.4, 0.5) is 11.4 Å². The van der Waals surface area contributed by atoms with Crippen LogP contribution in [0.5, 0.6) is 0 Å². The van der Waals surface area contributed by atoms with Gasteiger partial charge in [-0.2, -0.15) is 0 Å². The minimum Gasteiger partial charge on any atom is -0.334 e. The van der Waals surface area contributed by atoms with Crippen molar-refractivity contribution < 1.29 is 0 Å². The molecule has 0 bridgehead atoms. The van der Waals surface area contributed by atoms with Gasteiger partial charge in [-0.3, -0.25) is 0 Å². The van der Waals surface area contributed by atoms with Crippen molar-refractivity contribution in [3.63, 3.8) is 0 Å². The molecule has 0 aromatic heterocycles. The highest BCUT2D eigenvalue weighted by atomic mass is 15.3. The maximum absolute atomic E-state index is 2.77. The molecule has 2 aliphatic rings. The SMILES string of the molecule is CC(C)(C)C12CCCCC1(C)c1cc(-c3cc(-c4cccc5ccccc45)c4ccc5c(-c6ccccc6)cc(-c6cccc7ccccc67)c6ccc3c4c56)ccc1N2c1ccccc1. The number of benzene rings is 11. The number of para-hydroxylation sites is 1. The Morgan fingerprint density at radius 3 is 1.45 bits per heavy atom. The molecule has 0 radical (unpaired) electrons. The molecule has 11 aromatic carbocycles. The Kier molecular flexibility index (Phi) is 8.54. The second kappa shape index (κ2) is 14.4. The van der Waals surface area contributed by atoms with Crippen LogP contribution >= 0.6 is 0 Å². The Labute approximate surface area is 388 Å². The highest BCUT2D eigenvalue weighted by Gasteiger charge is 2.65. The summed E-state index contributed by atoms with van der Waals surface area (Å²) in [6, 6.07) is 76.0. The Hall–Kier alpha value is -7.22. The minimum absolute atomic E-state index is 0.0178. The third-order valence-corrected chi connectivity index (χ3v) is 16.3. The van der Waals surface area contributed by atoms with E-state index < -0.39 is 0 Å². The summed E-state index contributed by atoms with van der Waals surface area (Å²) in [6.07, 6.45) is 4.82. The monoisotopic (exact) mass is 847 g/mol. The first-order valence-electron chi connectivity index (χ1n) is 24.1. The maximum atomic E-state index is 2.77. The van der Waals surface area contributed by atoms with Crippen molar-refractivity contribution in [1.29, 1.82) is 0 Å². The fourth-order valence-electron chi connectivity index (χ4n) is 13.5. The number of anilines is 2. The molecule has 1 saturated carbocycles. The van der Waals surface area contributed by atoms with E-state index in [0.717, 1.165) is 0 Å². The predicted molar refractivity (Wildman–Crippen MR) is 283 cm³/mol. The number of nitrogens with zero attached hydrogens (tertiary/aromatic N) is 1. The van der Waals surface area contributed by atoms with Crippen molar-refractivity contribution in [1.82, 2.24) is 0 Å². The zero-order valence-electron chi connectivity index (χ0n) is 38.3. The van der Waals surface area contributed by atoms with E-state index in [1.807, 2.05) is 0 Å². The van der Waals surface area contributed by atoms with Crippen molar-refractivity contribution >= 4 is 65.2 Å². The Balaban J connectivity index is 1.16. The van der Waals surface area contributed by atoms with Gasteiger partial charge in [0.05, 0.1) is 5.54 Å². The zero-order chi connectivity index (χ0) is 44.4. The Morgan fingerprint density at radius 1 is 0.394 bits per heavy atom. The van der Waals surface area contributed by atoms with E-state index in [2.05, 4.69) is 233 Å². The van der Waals surface area contributed by atoms with Crippen LogP contribution in [0.25, 0.3) is 98.4 Å². The van der Waals surface area contributed by atoms with Gasteiger partial charge in [-0.1, -0.05) is 204 Å². The van der Waals surface area contributed by atoms with Gasteiger partial charge in [0, 0.05) is 16.8 Å². The molecule has 1 nitrogen and oxygen atoms in total. The van der Waals surface area contributed by atoms with Crippen LogP contribution < -0.4 is 4.90 Å². The van der Waals surface area contributed by atoms with E-state index >= 15 is 0 Å². The van der Waals surface area contributed by atoms with Crippen molar-refractivity contribution in [3.05, 3.63) is 206 Å². The first-order chi connectivity index (χ1) is 32.2. The van der Waals surface area contributed by atoms with E-state index in [4.69, 9.17) is 0 Å². The molecule has 1 heteroatoms. The molecule has 318 valence electrons. The average Bonchev–Trinajstić information content (AvgIpc) is 3.61. The molecule has 0 N–H and O–H groups in total. The molecule has 1 aliphatic carbocycles. The summed E-state index contributed by atoms with van der Waals surface area (Å²) >= 11 is 0. The molecule has 11 aromatic rings. The molecule has 1 heterocycles. The molecule has 66 heavy (non-hydrogen) atoms. The van der Waals surface area contributed by atoms with Crippen LogP contribution in [-0.2, 0) is 5.41 Å². The van der Waals surface area contributed by atoms with Crippen LogP contribution in [0.3, 0.4) is 0 Å². The van der Waals surface area contributed by atoms with Gasteiger partial charge in [0.1, 0.15) is 0 Å². The molecule has 0 saturated heterocycles. The van der Waals surface area contributed by atoms with Gasteiger partial charge in [0.15, 0.2) is 0 Å². The van der Waals surface area contributed by atoms with E-state index in [9.17, 15) is 0 Å². The summed E-state index contributed by atoms with van der Waals surface area (Å²) in [5.74, 6) is 0. The average molecular weight is 848 g/mol. The summed E-state index contributed by atoms with van der Waals surface area (Å²) in [5, 5.41) is 12.9. The normalized spacial score (nSPS) is 18.5. The topological polar surface area (TPSA) is 3.24 Å². The van der Waals surface area contributed by atoms with E-state index in [-0.39, 0.29) is 16.4 Å². The lowest BCUT2D eigenvalue weighted by molar-refractivity contribution is 0.0608. The lowest BCUT2D eigenvalue weighted by atomic mass is 9.52. The fourth-order valence-corrected chi connectivity index (χ4v) is 13.5. The molecule has 13 rings (SSSR count). The lowest BCUT2D eigenvalue weighted by Gasteiger charge is -2.59. The summed E-state index contributed by atoms with van der Waals surface area (Å²) in [7, 11) is 0. The third-order valence-electron chi connectivity index (χ3n) is 16.3. The van der Waals surface area contributed by atoms with E-state index in [1.54, 1.807) is 0 Å². The smallest absolute Gasteiger partial charge is 0.0594 e. The van der Waals surface area contributed by atoms with Crippen LogP contribution in [0.1, 0.15) is 58.9 Å². The van der Waals surface area contributed by atoms with Gasteiger partial charge in [0.2, 0.25) is 0 Å². The number of rotatable bonds is 5. The van der Waals surface area contributed by atoms with E-state index in [1.165, 1.54) is 141 Å². The van der Waals surface area contributed by atoms with Gasteiger partial charge in [-0.05, 0) is 159 Å². The highest BCUT2D eigenvalue weighted by molar-refractivity contribution is 6.33. The molecule has 1 aliphatic heterocycles. The lowest BCUT2D eigenvalue weighted by Crippen LogP contribution is -2.64. The van der Waals surface area contributed by atoms with Crippen LogP contribution in [0.2, 0.25) is 0 Å². The molecular weight excluding hydrogens is 795 g/mol. The van der Waals surface area contributed by atoms with Gasteiger partial charge in [-0.15, -0.1) is 0 Å². The Morgan fingerprint density at radius 2 is 0.879 bits per heavy atom. The highest BCUT2D eigenvalue weighted by Crippen LogP contribution is 2.67. The van der Waals surface area contributed by atoms with Crippen LogP contribution in [0.15, 0.2) is 200 Å². The van der Waals surface area contributed by atoms with Crippen LogP contribution in [0, 0.1) is 5.41 Å². The number of fused-ring (bicyclic) bond motifs is 5. The molecule has 1 fully saturated rings. The summed E-state index contributed by atoms with van der Waals surface area (Å²) in [5.41, 5.74) is 14.2. The first-order valence-corrected chi connectivity index (χ1v) is 24.1. The summed E-state index contributed by atoms with van der Waals surface area (Å²) in [6.45, 7) is 10.1. The third kappa shape index (κ3) is 5.41. The predicted octanol–water partition coefficient (Wildman–Crippen LogP) is 18.3. The number of hydrogen-bond acceptors (Lipinski definition) is 1. The molecule has 2 atom stereocenters. The first kappa shape index (κ1) is 39.2. The molecule has 0 amide bonds. The minimum atomic E-state index is -0.0802. The molecule has 2 unspecified atom stereocenters. The quantitative estimate of drug-likeness (QED) is 0.156. The van der Waals surface area contributed by atoms with Crippen molar-refractivity contribution in [3.8, 4) is 44.5 Å². The maximum Gasteiger partial charge on any atom is 0.0594 e. The summed E-state index contributed by atoms with van der Waals surface area (Å²) in [4.78, 5) is 2.77. The van der Waals surface area contributed by atoms with Crippen LogP contribution in [-0.4, -0.2) is 5.54 Å². The second-order valence-corrected chi connectivity index (χ2v) is 20.5. The fraction of sp³-hybridized carbons (Fsp3) is 0.169.